The van der Waals surface area contributed by atoms with Crippen LogP contribution in [0.1, 0.15) is 24.1 Å². The molecule has 0 bridgehead atoms. The van der Waals surface area contributed by atoms with Gasteiger partial charge in [-0.25, -0.2) is 8.78 Å². The number of rotatable bonds is 4. The molecule has 5 heteroatoms. The minimum atomic E-state index is -0.844. The Morgan fingerprint density at radius 2 is 1.90 bits per heavy atom. The lowest BCUT2D eigenvalue weighted by Gasteiger charge is -2.15. The molecular weight excluding hydrogens is 328 g/mol. The third-order valence-electron chi connectivity index (χ3n) is 3.07. The van der Waals surface area contributed by atoms with Gasteiger partial charge in [0.25, 0.3) is 0 Å². The van der Waals surface area contributed by atoms with Crippen molar-refractivity contribution in [2.75, 3.05) is 0 Å². The van der Waals surface area contributed by atoms with E-state index in [9.17, 15) is 13.9 Å². The molecule has 0 aromatic heterocycles. The summed E-state index contributed by atoms with van der Waals surface area (Å²) in [5.74, 6) is -1.51. The van der Waals surface area contributed by atoms with Crippen molar-refractivity contribution in [1.29, 1.82) is 0 Å². The summed E-state index contributed by atoms with van der Waals surface area (Å²) >= 11 is 3.25. The van der Waals surface area contributed by atoms with Crippen molar-refractivity contribution in [3.8, 4) is 5.75 Å². The molecule has 0 radical (unpaired) electrons. The first-order valence-corrected chi connectivity index (χ1v) is 6.92. The van der Waals surface area contributed by atoms with Gasteiger partial charge in [-0.15, -0.1) is 0 Å². The van der Waals surface area contributed by atoms with E-state index >= 15 is 0 Å². The second kappa shape index (κ2) is 6.33. The van der Waals surface area contributed by atoms with Crippen molar-refractivity contribution < 1.29 is 13.9 Å². The van der Waals surface area contributed by atoms with Crippen molar-refractivity contribution >= 4 is 15.9 Å². The molecule has 0 fully saturated rings. The van der Waals surface area contributed by atoms with E-state index in [1.54, 1.807) is 24.3 Å². The fourth-order valence-corrected chi connectivity index (χ4v) is 2.26. The summed E-state index contributed by atoms with van der Waals surface area (Å²) in [6, 6.07) is 8.97. The number of halogens is 3. The summed E-state index contributed by atoms with van der Waals surface area (Å²) in [6.45, 7) is 2.43. The van der Waals surface area contributed by atoms with E-state index in [1.165, 1.54) is 6.07 Å². The van der Waals surface area contributed by atoms with Crippen LogP contribution in [0.4, 0.5) is 8.78 Å². The number of hydrogen-bond acceptors (Lipinski definition) is 2. The lowest BCUT2D eigenvalue weighted by atomic mass is 10.1. The molecule has 2 N–H and O–H groups in total. The molecule has 1 atom stereocenters. The molecule has 0 aliphatic heterocycles. The Hall–Kier alpha value is -1.46. The highest BCUT2D eigenvalue weighted by atomic mass is 79.9. The highest BCUT2D eigenvalue weighted by molar-refractivity contribution is 9.10. The van der Waals surface area contributed by atoms with Crippen LogP contribution in [0.5, 0.6) is 5.75 Å². The van der Waals surface area contributed by atoms with Gasteiger partial charge in [-0.3, -0.25) is 0 Å². The zero-order chi connectivity index (χ0) is 14.7. The van der Waals surface area contributed by atoms with Gasteiger partial charge >= 0.3 is 0 Å². The molecule has 0 saturated carbocycles. The average molecular weight is 342 g/mol. The molecular formula is C15H14BrF2NO. The van der Waals surface area contributed by atoms with Gasteiger partial charge in [-0.1, -0.05) is 12.1 Å². The van der Waals surface area contributed by atoms with Crippen molar-refractivity contribution in [3.63, 3.8) is 0 Å². The second-order valence-corrected chi connectivity index (χ2v) is 5.42. The lowest BCUT2D eigenvalue weighted by Crippen LogP contribution is -2.18. The highest BCUT2D eigenvalue weighted by Gasteiger charge is 2.09. The summed E-state index contributed by atoms with van der Waals surface area (Å²) < 4.78 is 26.7. The predicted molar refractivity (Wildman–Crippen MR) is 77.4 cm³/mol. The SMILES string of the molecule is CC(NCc1ccc(O)c(Br)c1)c1ccc(F)c(F)c1. The molecule has 20 heavy (non-hydrogen) atoms. The average Bonchev–Trinajstić information content (AvgIpc) is 2.43. The lowest BCUT2D eigenvalue weighted by molar-refractivity contribution is 0.471. The molecule has 0 aliphatic rings. The first kappa shape index (κ1) is 14.9. The van der Waals surface area contributed by atoms with Crippen LogP contribution in [-0.2, 0) is 6.54 Å². The van der Waals surface area contributed by atoms with Gasteiger partial charge in [0.1, 0.15) is 5.75 Å². The summed E-state index contributed by atoms with van der Waals surface area (Å²) in [4.78, 5) is 0. The van der Waals surface area contributed by atoms with Crippen molar-refractivity contribution in [2.24, 2.45) is 0 Å². The molecule has 2 aromatic carbocycles. The molecule has 0 spiro atoms. The first-order valence-electron chi connectivity index (χ1n) is 6.13. The van der Waals surface area contributed by atoms with E-state index in [4.69, 9.17) is 0 Å². The Balaban J connectivity index is 2.02. The molecule has 106 valence electrons. The topological polar surface area (TPSA) is 32.3 Å². The molecule has 0 amide bonds. The summed E-state index contributed by atoms with van der Waals surface area (Å²) in [7, 11) is 0. The van der Waals surface area contributed by atoms with Crippen LogP contribution in [0.2, 0.25) is 0 Å². The largest absolute Gasteiger partial charge is 0.507 e. The van der Waals surface area contributed by atoms with E-state index < -0.39 is 11.6 Å². The molecule has 2 aromatic rings. The highest BCUT2D eigenvalue weighted by Crippen LogP contribution is 2.24. The van der Waals surface area contributed by atoms with Crippen LogP contribution in [0.25, 0.3) is 0 Å². The molecule has 2 nitrogen and oxygen atoms in total. The molecule has 2 rings (SSSR count). The number of aromatic hydroxyl groups is 1. The maximum Gasteiger partial charge on any atom is 0.159 e. The fraction of sp³-hybridized carbons (Fsp3) is 0.200. The molecule has 0 saturated heterocycles. The van der Waals surface area contributed by atoms with Gasteiger partial charge in [0.05, 0.1) is 4.47 Å². The van der Waals surface area contributed by atoms with Crippen molar-refractivity contribution in [3.05, 3.63) is 63.6 Å². The standard InChI is InChI=1S/C15H14BrF2NO/c1-9(11-3-4-13(17)14(18)7-11)19-8-10-2-5-15(20)12(16)6-10/h2-7,9,19-20H,8H2,1H3. The van der Waals surface area contributed by atoms with Crippen LogP contribution < -0.4 is 5.32 Å². The first-order chi connectivity index (χ1) is 9.47. The van der Waals surface area contributed by atoms with E-state index in [-0.39, 0.29) is 11.8 Å². The minimum absolute atomic E-state index is 0.113. The quantitative estimate of drug-likeness (QED) is 0.869. The van der Waals surface area contributed by atoms with Crippen LogP contribution in [0.3, 0.4) is 0 Å². The zero-order valence-electron chi connectivity index (χ0n) is 10.8. The van der Waals surface area contributed by atoms with Gasteiger partial charge in [0, 0.05) is 12.6 Å². The van der Waals surface area contributed by atoms with E-state index in [1.807, 2.05) is 6.92 Å². The van der Waals surface area contributed by atoms with Crippen LogP contribution in [-0.4, -0.2) is 5.11 Å². The Morgan fingerprint density at radius 3 is 2.55 bits per heavy atom. The van der Waals surface area contributed by atoms with Gasteiger partial charge in [0.2, 0.25) is 0 Å². The van der Waals surface area contributed by atoms with Crippen molar-refractivity contribution in [1.82, 2.24) is 5.32 Å². The van der Waals surface area contributed by atoms with Crippen LogP contribution in [0.15, 0.2) is 40.9 Å². The van der Waals surface area contributed by atoms with Gasteiger partial charge in [-0.05, 0) is 58.2 Å². The number of phenols is 1. The maximum atomic E-state index is 13.2. The third-order valence-corrected chi connectivity index (χ3v) is 3.70. The van der Waals surface area contributed by atoms with Crippen LogP contribution in [0, 0.1) is 11.6 Å². The van der Waals surface area contributed by atoms with E-state index in [0.717, 1.165) is 11.6 Å². The van der Waals surface area contributed by atoms with Gasteiger partial charge in [-0.2, -0.15) is 0 Å². The normalized spacial score (nSPS) is 12.4. The summed E-state index contributed by atoms with van der Waals surface area (Å²) in [5, 5.41) is 12.6. The number of hydrogen-bond donors (Lipinski definition) is 2. The van der Waals surface area contributed by atoms with Gasteiger partial charge in [0.15, 0.2) is 11.6 Å². The molecule has 1 unspecified atom stereocenters. The number of benzene rings is 2. The Labute approximate surface area is 124 Å². The Bertz CT molecular complexity index is 619. The number of phenolic OH excluding ortho intramolecular Hbond substituents is 1. The monoisotopic (exact) mass is 341 g/mol. The smallest absolute Gasteiger partial charge is 0.159 e. The third kappa shape index (κ3) is 3.55. The Kier molecular flexibility index (Phi) is 4.73. The van der Waals surface area contributed by atoms with E-state index in [0.29, 0.717) is 16.6 Å². The van der Waals surface area contributed by atoms with Gasteiger partial charge < -0.3 is 10.4 Å². The molecule has 0 aliphatic carbocycles. The summed E-state index contributed by atoms with van der Waals surface area (Å²) in [6.07, 6.45) is 0. The number of nitrogens with one attached hydrogen (secondary N) is 1. The maximum absolute atomic E-state index is 13.2. The van der Waals surface area contributed by atoms with Crippen LogP contribution >= 0.6 is 15.9 Å². The second-order valence-electron chi connectivity index (χ2n) is 4.56. The molecule has 0 heterocycles. The zero-order valence-corrected chi connectivity index (χ0v) is 12.4. The predicted octanol–water partition coefficient (Wildman–Crippen LogP) is 4.28. The Morgan fingerprint density at radius 1 is 1.15 bits per heavy atom. The van der Waals surface area contributed by atoms with Crippen molar-refractivity contribution in [2.45, 2.75) is 19.5 Å². The summed E-state index contributed by atoms with van der Waals surface area (Å²) in [5.41, 5.74) is 1.66. The van der Waals surface area contributed by atoms with E-state index in [2.05, 4.69) is 21.2 Å². The minimum Gasteiger partial charge on any atom is -0.507 e. The fourth-order valence-electron chi connectivity index (χ4n) is 1.83.